The Labute approximate surface area is 559 Å². The zero-order valence-electron chi connectivity index (χ0n) is 55.1. The monoisotopic (exact) mass is 1220 g/mol. The molecule has 0 N–H and O–H groups in total. The van der Waals surface area contributed by atoms with Crippen molar-refractivity contribution in [2.45, 2.75) is 83.5 Å². The molecule has 0 aromatic heterocycles. The summed E-state index contributed by atoms with van der Waals surface area (Å²) in [5.41, 5.74) is 27.9. The molecule has 0 bridgehead atoms. The highest BCUT2D eigenvalue weighted by Crippen LogP contribution is 2.57. The lowest BCUT2D eigenvalue weighted by atomic mass is 9.73. The third-order valence-electron chi connectivity index (χ3n) is 22.3. The van der Waals surface area contributed by atoms with E-state index in [1.54, 1.807) is 0 Å². The fraction of sp³-hybridized carbons (Fsp3) is 0.140. The van der Waals surface area contributed by atoms with Crippen molar-refractivity contribution in [3.8, 4) is 33.4 Å². The van der Waals surface area contributed by atoms with Gasteiger partial charge in [-0.05, 0) is 231 Å². The molecule has 0 fully saturated rings. The molecule has 17 rings (SSSR count). The number of hydrogen-bond donors (Lipinski definition) is 0. The summed E-state index contributed by atoms with van der Waals surface area (Å²) in [5, 5.41) is 9.90. The van der Waals surface area contributed by atoms with Gasteiger partial charge in [-0.3, -0.25) is 0 Å². The standard InChI is InChI=1S/C93H76N2/c1-7-92(8-2)87-53-63(33-47-81(87)83-49-43-77(59-89(83)92)94(73-39-35-65-19-11-15-23-69(65)55-73)74-40-36-66-20-12-16-24-70(66)56-74)29-27-61-31-45-79-80-46-32-62(52-86(80)91(5,6)85(79)51-61)28-30-64-34-48-82-84-50-44-78(60-90(84)93(9-3,10-4)88(82)54-64)95(75-41-37-67-21-13-17-25-71(67)57-75)76-42-38-68-22-14-18-26-72(68)58-76/h11-60H,7-10H2,1-6H3/b29-27+,30-28+. The van der Waals surface area contributed by atoms with Gasteiger partial charge in [0.05, 0.1) is 0 Å². The molecule has 0 unspecified atom stereocenters. The Hall–Kier alpha value is -10.8. The molecule has 0 saturated heterocycles. The number of rotatable bonds is 14. The van der Waals surface area contributed by atoms with Gasteiger partial charge < -0.3 is 9.80 Å². The first-order valence-electron chi connectivity index (χ1n) is 34.3. The Morgan fingerprint density at radius 1 is 0.232 bits per heavy atom. The molecule has 0 atom stereocenters. The maximum Gasteiger partial charge on any atom is 0.0468 e. The van der Waals surface area contributed by atoms with Crippen LogP contribution in [0.3, 0.4) is 0 Å². The number of hydrogen-bond acceptors (Lipinski definition) is 2. The number of anilines is 6. The first kappa shape index (κ1) is 58.1. The van der Waals surface area contributed by atoms with Crippen molar-refractivity contribution in [2.75, 3.05) is 9.80 Å². The molecule has 3 aliphatic rings. The van der Waals surface area contributed by atoms with E-state index in [4.69, 9.17) is 0 Å². The molecular formula is C93H76N2. The fourth-order valence-electron chi connectivity index (χ4n) is 17.0. The average Bonchev–Trinajstić information content (AvgIpc) is 1.59. The van der Waals surface area contributed by atoms with Gasteiger partial charge in [0.1, 0.15) is 0 Å². The molecule has 0 aliphatic heterocycles. The van der Waals surface area contributed by atoms with Gasteiger partial charge in [-0.2, -0.15) is 0 Å². The second-order valence-electron chi connectivity index (χ2n) is 27.3. The fourth-order valence-corrected chi connectivity index (χ4v) is 17.0. The summed E-state index contributed by atoms with van der Waals surface area (Å²) in [6.45, 7) is 14.3. The van der Waals surface area contributed by atoms with Crippen molar-refractivity contribution >= 4 is 102 Å². The van der Waals surface area contributed by atoms with Gasteiger partial charge in [0, 0.05) is 50.4 Å². The van der Waals surface area contributed by atoms with E-state index in [1.807, 2.05) is 0 Å². The number of nitrogens with zero attached hydrogens (tertiary/aromatic N) is 2. The van der Waals surface area contributed by atoms with E-state index in [9.17, 15) is 0 Å². The normalized spacial score (nSPS) is 14.3. The quantitative estimate of drug-likeness (QED) is 0.100. The van der Waals surface area contributed by atoms with Crippen LogP contribution in [0, 0.1) is 0 Å². The summed E-state index contributed by atoms with van der Waals surface area (Å²) in [6.07, 6.45) is 13.4. The van der Waals surface area contributed by atoms with E-state index in [2.05, 4.69) is 355 Å². The molecule has 3 aliphatic carbocycles. The molecule has 0 spiro atoms. The van der Waals surface area contributed by atoms with E-state index in [0.717, 1.165) is 48.4 Å². The molecule has 0 amide bonds. The second-order valence-corrected chi connectivity index (χ2v) is 27.3. The van der Waals surface area contributed by atoms with Crippen LogP contribution in [0.4, 0.5) is 34.1 Å². The highest BCUT2D eigenvalue weighted by molar-refractivity contribution is 5.97. The minimum atomic E-state index is -0.172. The minimum absolute atomic E-state index is 0.126. The van der Waals surface area contributed by atoms with Crippen LogP contribution in [0.2, 0.25) is 0 Å². The maximum absolute atomic E-state index is 2.51. The van der Waals surface area contributed by atoms with E-state index in [0.29, 0.717) is 0 Å². The van der Waals surface area contributed by atoms with Crippen LogP contribution in [-0.2, 0) is 16.2 Å². The predicted molar refractivity (Wildman–Crippen MR) is 408 cm³/mol. The summed E-state index contributed by atoms with van der Waals surface area (Å²) >= 11 is 0. The van der Waals surface area contributed by atoms with Crippen LogP contribution in [0.5, 0.6) is 0 Å². The largest absolute Gasteiger partial charge is 0.310 e. The summed E-state index contributed by atoms with van der Waals surface area (Å²) in [4.78, 5) is 4.92. The second kappa shape index (κ2) is 22.7. The molecule has 0 heterocycles. The van der Waals surface area contributed by atoms with Crippen molar-refractivity contribution < 1.29 is 0 Å². The van der Waals surface area contributed by atoms with Crippen LogP contribution in [0.15, 0.2) is 279 Å². The SMILES string of the molecule is CCC1(CC)c2cc(/C=C/c3ccc4c(c3)C(C)(C)c3cc(/C=C/c5ccc6c(c5)C(CC)(CC)c5cc(N(c7ccc8ccccc8c7)c7ccc8ccccc8c7)ccc5-6)ccc3-4)ccc2-c2ccc(N(c3ccc4ccccc4c3)c3ccc4ccccc4c3)cc21. The van der Waals surface area contributed by atoms with Crippen LogP contribution >= 0.6 is 0 Å². The third kappa shape index (κ3) is 9.43. The van der Waals surface area contributed by atoms with Gasteiger partial charge in [0.25, 0.3) is 0 Å². The lowest BCUT2D eigenvalue weighted by Crippen LogP contribution is -2.23. The zero-order valence-corrected chi connectivity index (χ0v) is 55.1. The van der Waals surface area contributed by atoms with Crippen LogP contribution < -0.4 is 9.80 Å². The summed E-state index contributed by atoms with van der Waals surface area (Å²) in [6, 6.07) is 105. The van der Waals surface area contributed by atoms with Crippen molar-refractivity contribution in [3.05, 3.63) is 335 Å². The molecule has 2 heteroatoms. The minimum Gasteiger partial charge on any atom is -0.310 e. The topological polar surface area (TPSA) is 6.48 Å². The van der Waals surface area contributed by atoms with Crippen molar-refractivity contribution in [2.24, 2.45) is 0 Å². The van der Waals surface area contributed by atoms with E-state index in [1.165, 1.54) is 143 Å². The van der Waals surface area contributed by atoms with Crippen molar-refractivity contribution in [1.29, 1.82) is 0 Å². The van der Waals surface area contributed by atoms with Gasteiger partial charge in [0.2, 0.25) is 0 Å². The van der Waals surface area contributed by atoms with Gasteiger partial charge in [0.15, 0.2) is 0 Å². The third-order valence-corrected chi connectivity index (χ3v) is 22.3. The van der Waals surface area contributed by atoms with Crippen molar-refractivity contribution in [3.63, 3.8) is 0 Å². The van der Waals surface area contributed by atoms with Gasteiger partial charge >= 0.3 is 0 Å². The van der Waals surface area contributed by atoms with Gasteiger partial charge in [-0.1, -0.05) is 272 Å². The van der Waals surface area contributed by atoms with E-state index in [-0.39, 0.29) is 16.2 Å². The molecule has 14 aromatic carbocycles. The highest BCUT2D eigenvalue weighted by Gasteiger charge is 2.43. The molecule has 95 heavy (non-hydrogen) atoms. The highest BCUT2D eigenvalue weighted by atomic mass is 15.1. The summed E-state index contributed by atoms with van der Waals surface area (Å²) in [7, 11) is 0. The number of fused-ring (bicyclic) bond motifs is 13. The Balaban J connectivity index is 0.636. The molecule has 2 nitrogen and oxygen atoms in total. The van der Waals surface area contributed by atoms with Crippen LogP contribution in [0.25, 0.3) is 101 Å². The predicted octanol–water partition coefficient (Wildman–Crippen LogP) is 26.1. The average molecular weight is 1220 g/mol. The molecule has 0 saturated carbocycles. The lowest BCUT2D eigenvalue weighted by Gasteiger charge is -2.32. The van der Waals surface area contributed by atoms with E-state index >= 15 is 0 Å². The number of benzene rings is 14. The Bertz CT molecular complexity index is 4990. The Kier molecular flexibility index (Phi) is 13.9. The zero-order chi connectivity index (χ0) is 64.2. The molecule has 458 valence electrons. The van der Waals surface area contributed by atoms with Gasteiger partial charge in [-0.15, -0.1) is 0 Å². The van der Waals surface area contributed by atoms with Crippen molar-refractivity contribution in [1.82, 2.24) is 0 Å². The van der Waals surface area contributed by atoms with Crippen LogP contribution in [0.1, 0.15) is 123 Å². The lowest BCUT2D eigenvalue weighted by molar-refractivity contribution is 0.490. The smallest absolute Gasteiger partial charge is 0.0468 e. The van der Waals surface area contributed by atoms with Gasteiger partial charge in [-0.25, -0.2) is 0 Å². The summed E-state index contributed by atoms with van der Waals surface area (Å²) in [5.74, 6) is 0. The molecular weight excluding hydrogens is 1150 g/mol. The van der Waals surface area contributed by atoms with E-state index < -0.39 is 0 Å². The maximum atomic E-state index is 2.51. The molecule has 0 radical (unpaired) electrons. The van der Waals surface area contributed by atoms with Crippen LogP contribution in [-0.4, -0.2) is 0 Å². The first-order valence-corrected chi connectivity index (χ1v) is 34.3. The molecule has 14 aromatic rings. The Morgan fingerprint density at radius 3 is 0.737 bits per heavy atom. The summed E-state index contributed by atoms with van der Waals surface area (Å²) < 4.78 is 0. The first-order chi connectivity index (χ1) is 46.5. The Morgan fingerprint density at radius 2 is 0.453 bits per heavy atom.